The Balaban J connectivity index is 1.68. The fourth-order valence-corrected chi connectivity index (χ4v) is 3.34. The number of likely N-dealkylation sites (tertiary alicyclic amines) is 1. The third kappa shape index (κ3) is 2.77. The lowest BCUT2D eigenvalue weighted by Gasteiger charge is -2.19. The van der Waals surface area contributed by atoms with Crippen molar-refractivity contribution in [3.63, 3.8) is 0 Å². The van der Waals surface area contributed by atoms with E-state index in [4.69, 9.17) is 4.52 Å². The van der Waals surface area contributed by atoms with Crippen LogP contribution in [0, 0.1) is 11.8 Å². The minimum atomic E-state index is -0.132. The third-order valence-electron chi connectivity index (χ3n) is 4.72. The summed E-state index contributed by atoms with van der Waals surface area (Å²) in [5.41, 5.74) is 0. The number of imide groups is 1. The van der Waals surface area contributed by atoms with Crippen molar-refractivity contribution in [2.75, 3.05) is 7.05 Å². The van der Waals surface area contributed by atoms with E-state index >= 15 is 0 Å². The van der Waals surface area contributed by atoms with Gasteiger partial charge in [-0.15, -0.1) is 0 Å². The molecule has 3 unspecified atom stereocenters. The second-order valence-electron chi connectivity index (χ2n) is 6.26. The predicted molar refractivity (Wildman–Crippen MR) is 77.5 cm³/mol. The molecule has 2 amide bonds. The van der Waals surface area contributed by atoms with Crippen LogP contribution in [-0.2, 0) is 22.6 Å². The molecule has 1 aliphatic heterocycles. The molecular weight excluding hydrogens is 284 g/mol. The van der Waals surface area contributed by atoms with Gasteiger partial charge >= 0.3 is 0 Å². The van der Waals surface area contributed by atoms with Crippen molar-refractivity contribution in [2.45, 2.75) is 51.6 Å². The van der Waals surface area contributed by atoms with Gasteiger partial charge in [0.2, 0.25) is 17.7 Å². The van der Waals surface area contributed by atoms with Gasteiger partial charge in [0, 0.05) is 12.5 Å². The largest absolute Gasteiger partial charge is 0.337 e. The highest BCUT2D eigenvalue weighted by atomic mass is 16.5. The lowest BCUT2D eigenvalue weighted by molar-refractivity contribution is -0.141. The number of hydrogen-bond acceptors (Lipinski definition) is 6. The van der Waals surface area contributed by atoms with Crippen LogP contribution in [0.2, 0.25) is 0 Å². The fourth-order valence-electron chi connectivity index (χ4n) is 3.34. The van der Waals surface area contributed by atoms with Crippen LogP contribution in [0.1, 0.15) is 44.3 Å². The average molecular weight is 306 g/mol. The van der Waals surface area contributed by atoms with Crippen LogP contribution in [0.15, 0.2) is 4.52 Å². The van der Waals surface area contributed by atoms with Crippen LogP contribution in [-0.4, -0.2) is 39.9 Å². The molecule has 0 bridgehead atoms. The molecular formula is C15H22N4O3. The third-order valence-corrected chi connectivity index (χ3v) is 4.72. The summed E-state index contributed by atoms with van der Waals surface area (Å²) in [6, 6.07) is 0.239. The summed E-state index contributed by atoms with van der Waals surface area (Å²) >= 11 is 0. The van der Waals surface area contributed by atoms with E-state index in [1.807, 2.05) is 14.0 Å². The second kappa shape index (κ2) is 6.16. The maximum Gasteiger partial charge on any atom is 0.246 e. The number of nitrogens with one attached hydrogen (secondary N) is 1. The molecule has 120 valence electrons. The summed E-state index contributed by atoms with van der Waals surface area (Å²) in [4.78, 5) is 30.4. The number of rotatable bonds is 5. The van der Waals surface area contributed by atoms with Gasteiger partial charge in [0.05, 0.1) is 11.8 Å². The van der Waals surface area contributed by atoms with E-state index < -0.39 is 0 Å². The molecule has 1 saturated heterocycles. The molecule has 2 fully saturated rings. The van der Waals surface area contributed by atoms with Gasteiger partial charge in [0.15, 0.2) is 5.82 Å². The number of aromatic nitrogens is 2. The molecule has 1 aromatic rings. The van der Waals surface area contributed by atoms with Crippen molar-refractivity contribution in [1.82, 2.24) is 20.4 Å². The zero-order valence-electron chi connectivity index (χ0n) is 13.0. The fraction of sp³-hybridized carbons (Fsp3) is 0.733. The van der Waals surface area contributed by atoms with Crippen LogP contribution in [0.5, 0.6) is 0 Å². The number of likely N-dealkylation sites (N-methyl/N-ethyl adjacent to an activating group) is 1. The Bertz CT molecular complexity index is 547. The van der Waals surface area contributed by atoms with E-state index in [-0.39, 0.29) is 36.2 Å². The van der Waals surface area contributed by atoms with Crippen molar-refractivity contribution < 1.29 is 14.1 Å². The second-order valence-corrected chi connectivity index (χ2v) is 6.26. The number of hydrogen-bond donors (Lipinski definition) is 1. The molecule has 2 heterocycles. The summed E-state index contributed by atoms with van der Waals surface area (Å²) < 4.78 is 5.19. The monoisotopic (exact) mass is 306 g/mol. The van der Waals surface area contributed by atoms with E-state index in [2.05, 4.69) is 15.5 Å². The molecule has 1 N–H and O–H groups in total. The van der Waals surface area contributed by atoms with Crippen LogP contribution < -0.4 is 5.32 Å². The summed E-state index contributed by atoms with van der Waals surface area (Å²) in [6.07, 6.45) is 4.34. The molecule has 1 aromatic heterocycles. The maximum absolute atomic E-state index is 12.4. The zero-order chi connectivity index (χ0) is 15.7. The minimum Gasteiger partial charge on any atom is -0.337 e. The number of amides is 2. The SMILES string of the molecule is CNC(C)Cc1noc(CN2C(=O)C3CCCCC3C2=O)n1. The van der Waals surface area contributed by atoms with Crippen LogP contribution in [0.3, 0.4) is 0 Å². The lowest BCUT2D eigenvalue weighted by atomic mass is 9.81. The van der Waals surface area contributed by atoms with E-state index in [0.717, 1.165) is 25.7 Å². The quantitative estimate of drug-likeness (QED) is 0.813. The first-order valence-corrected chi connectivity index (χ1v) is 7.94. The van der Waals surface area contributed by atoms with Crippen molar-refractivity contribution in [3.8, 4) is 0 Å². The predicted octanol–water partition coefficient (Wildman–Crippen LogP) is 0.895. The van der Waals surface area contributed by atoms with Gasteiger partial charge in [-0.2, -0.15) is 4.98 Å². The smallest absolute Gasteiger partial charge is 0.246 e. The van der Waals surface area contributed by atoms with Gasteiger partial charge in [0.1, 0.15) is 6.54 Å². The first-order chi connectivity index (χ1) is 10.6. The summed E-state index contributed by atoms with van der Waals surface area (Å²) in [5, 5.41) is 7.01. The summed E-state index contributed by atoms with van der Waals surface area (Å²) in [5.74, 6) is 0.518. The Morgan fingerprint density at radius 1 is 1.27 bits per heavy atom. The Kier molecular flexibility index (Phi) is 4.24. The van der Waals surface area contributed by atoms with Gasteiger partial charge in [-0.05, 0) is 26.8 Å². The van der Waals surface area contributed by atoms with Crippen LogP contribution >= 0.6 is 0 Å². The number of fused-ring (bicyclic) bond motifs is 1. The normalized spacial score (nSPS) is 26.4. The molecule has 0 radical (unpaired) electrons. The van der Waals surface area contributed by atoms with Crippen molar-refractivity contribution in [1.29, 1.82) is 0 Å². The van der Waals surface area contributed by atoms with Gasteiger partial charge in [-0.1, -0.05) is 18.0 Å². The molecule has 7 heteroatoms. The lowest BCUT2D eigenvalue weighted by Crippen LogP contribution is -2.30. The van der Waals surface area contributed by atoms with Crippen molar-refractivity contribution in [3.05, 3.63) is 11.7 Å². The van der Waals surface area contributed by atoms with E-state index in [1.54, 1.807) is 0 Å². The Morgan fingerprint density at radius 2 is 1.91 bits per heavy atom. The molecule has 3 rings (SSSR count). The van der Waals surface area contributed by atoms with E-state index in [1.165, 1.54) is 4.90 Å². The van der Waals surface area contributed by atoms with Gasteiger partial charge in [-0.25, -0.2) is 0 Å². The molecule has 1 aliphatic carbocycles. The zero-order valence-corrected chi connectivity index (χ0v) is 13.0. The maximum atomic E-state index is 12.4. The van der Waals surface area contributed by atoms with Crippen molar-refractivity contribution in [2.24, 2.45) is 11.8 Å². The Morgan fingerprint density at radius 3 is 2.50 bits per heavy atom. The van der Waals surface area contributed by atoms with Gasteiger partial charge in [-0.3, -0.25) is 14.5 Å². The Hall–Kier alpha value is -1.76. The van der Waals surface area contributed by atoms with Gasteiger partial charge in [0.25, 0.3) is 0 Å². The molecule has 7 nitrogen and oxygen atoms in total. The molecule has 0 spiro atoms. The minimum absolute atomic E-state index is 0.0713. The standard InChI is InChI=1S/C15H22N4O3/c1-9(16-2)7-12-17-13(22-18-12)8-19-14(20)10-5-3-4-6-11(10)15(19)21/h9-11,16H,3-8H2,1-2H3. The summed E-state index contributed by atoms with van der Waals surface area (Å²) in [6.45, 7) is 2.12. The highest BCUT2D eigenvalue weighted by molar-refractivity contribution is 6.05. The first kappa shape index (κ1) is 15.1. The topological polar surface area (TPSA) is 88.3 Å². The molecule has 0 aromatic carbocycles. The van der Waals surface area contributed by atoms with Gasteiger partial charge < -0.3 is 9.84 Å². The highest BCUT2D eigenvalue weighted by Crippen LogP contribution is 2.38. The van der Waals surface area contributed by atoms with Crippen LogP contribution in [0.25, 0.3) is 0 Å². The van der Waals surface area contributed by atoms with Crippen LogP contribution in [0.4, 0.5) is 0 Å². The van der Waals surface area contributed by atoms with E-state index in [9.17, 15) is 9.59 Å². The first-order valence-electron chi connectivity index (χ1n) is 7.94. The molecule has 1 saturated carbocycles. The number of carbonyl (C=O) groups is 2. The molecule has 3 atom stereocenters. The summed E-state index contributed by atoms with van der Waals surface area (Å²) in [7, 11) is 1.87. The average Bonchev–Trinajstić information content (AvgIpc) is 3.06. The number of carbonyl (C=O) groups excluding carboxylic acids is 2. The van der Waals surface area contributed by atoms with Crippen molar-refractivity contribution >= 4 is 11.8 Å². The Labute approximate surface area is 129 Å². The van der Waals surface area contributed by atoms with E-state index in [0.29, 0.717) is 18.1 Å². The molecule has 22 heavy (non-hydrogen) atoms. The highest BCUT2D eigenvalue weighted by Gasteiger charge is 2.48. The molecule has 2 aliphatic rings. The number of nitrogens with zero attached hydrogens (tertiary/aromatic N) is 3.